The summed E-state index contributed by atoms with van der Waals surface area (Å²) < 4.78 is 10.7. The van der Waals surface area contributed by atoms with Gasteiger partial charge in [-0.3, -0.25) is 0 Å². The molecule has 1 saturated heterocycles. The van der Waals surface area contributed by atoms with E-state index in [0.29, 0.717) is 6.61 Å². The minimum atomic E-state index is -0.650. The number of hydrogen-bond acceptors (Lipinski definition) is 4. The van der Waals surface area contributed by atoms with Gasteiger partial charge < -0.3 is 14.6 Å². The summed E-state index contributed by atoms with van der Waals surface area (Å²) in [5.41, 5.74) is 8.21. The van der Waals surface area contributed by atoms with E-state index in [-0.39, 0.29) is 12.7 Å². The Hall–Kier alpha value is -0.810. The van der Waals surface area contributed by atoms with Crippen molar-refractivity contribution in [1.29, 1.82) is 0 Å². The topological polar surface area (TPSA) is 87.5 Å². The highest BCUT2D eigenvalue weighted by Gasteiger charge is 2.36. The van der Waals surface area contributed by atoms with Crippen molar-refractivity contribution in [3.63, 3.8) is 0 Å². The maximum atomic E-state index is 8.89. The molecule has 0 spiro atoms. The Morgan fingerprint density at radius 1 is 1.77 bits per heavy atom. The quantitative estimate of drug-likeness (QED) is 0.403. The minimum absolute atomic E-state index is 0.228. The molecule has 2 atom stereocenters. The molecule has 0 bridgehead atoms. The van der Waals surface area contributed by atoms with Gasteiger partial charge in [0.1, 0.15) is 0 Å². The molecule has 0 aromatic heterocycles. The Morgan fingerprint density at radius 3 is 2.85 bits per heavy atom. The van der Waals surface area contributed by atoms with Crippen LogP contribution < -0.4 is 0 Å². The SMILES string of the molecule is CC1(C)OC[C@H]([C@@H](CO)N=[N+]=[N-])O1. The van der Waals surface area contributed by atoms with Crippen molar-refractivity contribution in [2.45, 2.75) is 31.8 Å². The standard InChI is InChI=1S/C7H13N3O3/c1-7(2)12-4-6(13-7)5(3-11)9-10-8/h5-6,11H,3-4H2,1-2H3/t5-,6-/m1/s1. The van der Waals surface area contributed by atoms with Gasteiger partial charge >= 0.3 is 0 Å². The van der Waals surface area contributed by atoms with Gasteiger partial charge in [0.05, 0.1) is 25.4 Å². The molecule has 1 N–H and O–H groups in total. The normalized spacial score (nSPS) is 28.1. The van der Waals surface area contributed by atoms with Crippen LogP contribution in [0.1, 0.15) is 13.8 Å². The fourth-order valence-corrected chi connectivity index (χ4v) is 1.20. The van der Waals surface area contributed by atoms with Crippen molar-refractivity contribution in [3.8, 4) is 0 Å². The van der Waals surface area contributed by atoms with Crippen molar-refractivity contribution in [2.24, 2.45) is 5.11 Å². The van der Waals surface area contributed by atoms with Crippen molar-refractivity contribution in [3.05, 3.63) is 10.4 Å². The van der Waals surface area contributed by atoms with E-state index in [0.717, 1.165) is 0 Å². The number of nitrogens with zero attached hydrogens (tertiary/aromatic N) is 3. The van der Waals surface area contributed by atoms with Crippen LogP contribution in [0.15, 0.2) is 5.11 Å². The lowest BCUT2D eigenvalue weighted by Crippen LogP contribution is -2.31. The molecule has 0 radical (unpaired) electrons. The molecule has 0 aromatic rings. The summed E-state index contributed by atoms with van der Waals surface area (Å²) in [5.74, 6) is -0.650. The van der Waals surface area contributed by atoms with Crippen molar-refractivity contribution >= 4 is 0 Å². The van der Waals surface area contributed by atoms with Crippen LogP contribution in [-0.4, -0.2) is 36.3 Å². The van der Waals surface area contributed by atoms with Gasteiger partial charge in [0.2, 0.25) is 0 Å². The van der Waals surface area contributed by atoms with Crippen LogP contribution in [0, 0.1) is 0 Å². The number of hydrogen-bond donors (Lipinski definition) is 1. The highest BCUT2D eigenvalue weighted by molar-refractivity contribution is 4.82. The molecular formula is C7H13N3O3. The molecule has 0 saturated carbocycles. The summed E-state index contributed by atoms with van der Waals surface area (Å²) in [5, 5.41) is 12.3. The van der Waals surface area contributed by atoms with E-state index in [1.54, 1.807) is 13.8 Å². The van der Waals surface area contributed by atoms with E-state index >= 15 is 0 Å². The average Bonchev–Trinajstić information content (AvgIpc) is 2.42. The molecule has 74 valence electrons. The first-order chi connectivity index (χ1) is 6.09. The third-order valence-corrected chi connectivity index (χ3v) is 1.85. The molecule has 6 heteroatoms. The Morgan fingerprint density at radius 2 is 2.46 bits per heavy atom. The molecule has 6 nitrogen and oxygen atoms in total. The van der Waals surface area contributed by atoms with Gasteiger partial charge in [0, 0.05) is 4.91 Å². The van der Waals surface area contributed by atoms with Gasteiger partial charge in [-0.15, -0.1) is 0 Å². The molecule has 1 fully saturated rings. The van der Waals surface area contributed by atoms with Crippen LogP contribution in [0.25, 0.3) is 10.4 Å². The Labute approximate surface area is 76.1 Å². The van der Waals surface area contributed by atoms with E-state index < -0.39 is 11.8 Å². The van der Waals surface area contributed by atoms with Crippen molar-refractivity contribution in [2.75, 3.05) is 13.2 Å². The van der Waals surface area contributed by atoms with Gasteiger partial charge in [0.15, 0.2) is 5.79 Å². The number of aliphatic hydroxyl groups is 1. The maximum Gasteiger partial charge on any atom is 0.163 e. The summed E-state index contributed by atoms with van der Waals surface area (Å²) in [6.07, 6.45) is -0.351. The van der Waals surface area contributed by atoms with Gasteiger partial charge in [-0.1, -0.05) is 5.11 Å². The molecular weight excluding hydrogens is 174 g/mol. The summed E-state index contributed by atoms with van der Waals surface area (Å²) in [6.45, 7) is 3.67. The fourth-order valence-electron chi connectivity index (χ4n) is 1.20. The molecule has 1 heterocycles. The summed E-state index contributed by atoms with van der Waals surface area (Å²) >= 11 is 0. The molecule has 1 aliphatic rings. The first-order valence-electron chi connectivity index (χ1n) is 4.06. The second kappa shape index (κ2) is 3.93. The fraction of sp³-hybridized carbons (Fsp3) is 1.00. The molecule has 1 aliphatic heterocycles. The molecule has 0 amide bonds. The van der Waals surface area contributed by atoms with Crippen LogP contribution in [0.2, 0.25) is 0 Å². The number of azide groups is 1. The van der Waals surface area contributed by atoms with Gasteiger partial charge in [-0.05, 0) is 19.4 Å². The van der Waals surface area contributed by atoms with Crippen molar-refractivity contribution < 1.29 is 14.6 Å². The number of rotatable bonds is 3. The first kappa shape index (κ1) is 10.3. The number of aliphatic hydroxyl groups excluding tert-OH is 1. The van der Waals surface area contributed by atoms with E-state index in [2.05, 4.69) is 10.0 Å². The highest BCUT2D eigenvalue weighted by Crippen LogP contribution is 2.25. The summed E-state index contributed by atoms with van der Waals surface area (Å²) in [4.78, 5) is 2.63. The van der Waals surface area contributed by atoms with E-state index in [4.69, 9.17) is 20.1 Å². The summed E-state index contributed by atoms with van der Waals surface area (Å²) in [7, 11) is 0. The Balaban J connectivity index is 2.57. The second-order valence-corrected chi connectivity index (χ2v) is 3.32. The molecule has 0 unspecified atom stereocenters. The van der Waals surface area contributed by atoms with E-state index in [1.807, 2.05) is 0 Å². The third kappa shape index (κ3) is 2.57. The molecule has 0 aliphatic carbocycles. The predicted molar refractivity (Wildman–Crippen MR) is 44.9 cm³/mol. The van der Waals surface area contributed by atoms with Crippen LogP contribution in [0.3, 0.4) is 0 Å². The second-order valence-electron chi connectivity index (χ2n) is 3.32. The minimum Gasteiger partial charge on any atom is -0.396 e. The van der Waals surface area contributed by atoms with Gasteiger partial charge in [-0.2, -0.15) is 0 Å². The van der Waals surface area contributed by atoms with Gasteiger partial charge in [0.25, 0.3) is 0 Å². The smallest absolute Gasteiger partial charge is 0.163 e. The zero-order chi connectivity index (χ0) is 9.90. The average molecular weight is 187 g/mol. The largest absolute Gasteiger partial charge is 0.396 e. The van der Waals surface area contributed by atoms with E-state index in [9.17, 15) is 0 Å². The van der Waals surface area contributed by atoms with E-state index in [1.165, 1.54) is 0 Å². The predicted octanol–water partition coefficient (Wildman–Crippen LogP) is 0.809. The lowest BCUT2D eigenvalue weighted by Gasteiger charge is -2.19. The maximum absolute atomic E-state index is 8.89. The Bertz CT molecular complexity index is 225. The highest BCUT2D eigenvalue weighted by atomic mass is 16.7. The molecule has 0 aromatic carbocycles. The lowest BCUT2D eigenvalue weighted by molar-refractivity contribution is -0.141. The monoisotopic (exact) mass is 187 g/mol. The van der Waals surface area contributed by atoms with Crippen LogP contribution in [-0.2, 0) is 9.47 Å². The zero-order valence-electron chi connectivity index (χ0n) is 7.67. The van der Waals surface area contributed by atoms with Crippen LogP contribution in [0.5, 0.6) is 0 Å². The van der Waals surface area contributed by atoms with Gasteiger partial charge in [-0.25, -0.2) is 0 Å². The summed E-state index contributed by atoms with van der Waals surface area (Å²) in [6, 6.07) is -0.563. The number of ether oxygens (including phenoxy) is 2. The van der Waals surface area contributed by atoms with Crippen LogP contribution in [0.4, 0.5) is 0 Å². The van der Waals surface area contributed by atoms with Crippen LogP contribution >= 0.6 is 0 Å². The molecule has 13 heavy (non-hydrogen) atoms. The third-order valence-electron chi connectivity index (χ3n) is 1.85. The zero-order valence-corrected chi connectivity index (χ0v) is 7.67. The lowest BCUT2D eigenvalue weighted by atomic mass is 10.2. The Kier molecular flexibility index (Phi) is 3.11. The van der Waals surface area contributed by atoms with Crippen molar-refractivity contribution in [1.82, 2.24) is 0 Å². The molecule has 1 rings (SSSR count). The first-order valence-corrected chi connectivity index (χ1v) is 4.06.